The summed E-state index contributed by atoms with van der Waals surface area (Å²) in [5.74, 6) is 1.79. The van der Waals surface area contributed by atoms with E-state index in [1.165, 1.54) is 30.5 Å². The molecule has 150 valence electrons. The van der Waals surface area contributed by atoms with Crippen molar-refractivity contribution < 1.29 is 19.2 Å². The Morgan fingerprint density at radius 3 is 2.57 bits per heavy atom. The zero-order valence-electron chi connectivity index (χ0n) is 16.2. The van der Waals surface area contributed by atoms with E-state index in [4.69, 9.17) is 9.47 Å². The number of methoxy groups -OCH3 is 1. The van der Waals surface area contributed by atoms with Gasteiger partial charge in [-0.15, -0.1) is 11.8 Å². The number of hydrogen-bond donors (Lipinski definition) is 0. The van der Waals surface area contributed by atoms with Gasteiger partial charge in [0.15, 0.2) is 5.75 Å². The van der Waals surface area contributed by atoms with Crippen LogP contribution in [0.15, 0.2) is 42.5 Å². The summed E-state index contributed by atoms with van der Waals surface area (Å²) in [5, 5.41) is 11.1. The van der Waals surface area contributed by atoms with Crippen LogP contribution in [0.5, 0.6) is 11.5 Å². The highest BCUT2D eigenvalue weighted by Gasteiger charge is 2.15. The van der Waals surface area contributed by atoms with Crippen LogP contribution in [-0.4, -0.2) is 48.8 Å². The SMILES string of the molecule is COc1ccc(CSCC(=O)N(C)CCOc2ccc(C)cc2)cc1[N+](=O)[O-]. The Bertz CT molecular complexity index is 811. The van der Waals surface area contributed by atoms with E-state index in [1.54, 1.807) is 24.1 Å². The summed E-state index contributed by atoms with van der Waals surface area (Å²) < 4.78 is 10.6. The first kappa shape index (κ1) is 21.6. The lowest BCUT2D eigenvalue weighted by Gasteiger charge is -2.17. The molecule has 2 aromatic rings. The van der Waals surface area contributed by atoms with Crippen molar-refractivity contribution in [2.24, 2.45) is 0 Å². The van der Waals surface area contributed by atoms with Gasteiger partial charge in [0.25, 0.3) is 0 Å². The molecule has 2 rings (SSSR count). The maximum absolute atomic E-state index is 12.2. The van der Waals surface area contributed by atoms with Gasteiger partial charge in [-0.25, -0.2) is 0 Å². The maximum Gasteiger partial charge on any atom is 0.311 e. The van der Waals surface area contributed by atoms with Gasteiger partial charge in [0.2, 0.25) is 5.91 Å². The Hall–Kier alpha value is -2.74. The van der Waals surface area contributed by atoms with Gasteiger partial charge in [0, 0.05) is 18.9 Å². The predicted molar refractivity (Wildman–Crippen MR) is 110 cm³/mol. The van der Waals surface area contributed by atoms with Crippen molar-refractivity contribution in [3.05, 3.63) is 63.7 Å². The molecule has 0 saturated carbocycles. The van der Waals surface area contributed by atoms with Gasteiger partial charge in [-0.3, -0.25) is 14.9 Å². The van der Waals surface area contributed by atoms with Crippen molar-refractivity contribution in [2.75, 3.05) is 33.1 Å². The summed E-state index contributed by atoms with van der Waals surface area (Å²) in [5.41, 5.74) is 1.87. The molecule has 2 aromatic carbocycles. The molecule has 0 radical (unpaired) electrons. The van der Waals surface area contributed by atoms with E-state index in [1.807, 2.05) is 31.2 Å². The average molecular weight is 404 g/mol. The molecule has 1 amide bonds. The fraction of sp³-hybridized carbons (Fsp3) is 0.350. The Kier molecular flexibility index (Phi) is 8.13. The largest absolute Gasteiger partial charge is 0.492 e. The third kappa shape index (κ3) is 6.45. The fourth-order valence-corrected chi connectivity index (χ4v) is 3.31. The second kappa shape index (κ2) is 10.6. The first-order valence-electron chi connectivity index (χ1n) is 8.73. The van der Waals surface area contributed by atoms with E-state index in [0.717, 1.165) is 11.3 Å². The van der Waals surface area contributed by atoms with Gasteiger partial charge in [0.1, 0.15) is 12.4 Å². The number of carbonyl (C=O) groups is 1. The normalized spacial score (nSPS) is 10.4. The highest BCUT2D eigenvalue weighted by molar-refractivity contribution is 7.99. The molecule has 0 atom stereocenters. The first-order valence-corrected chi connectivity index (χ1v) is 9.88. The van der Waals surface area contributed by atoms with Crippen LogP contribution in [-0.2, 0) is 10.5 Å². The molecule has 8 heteroatoms. The third-order valence-electron chi connectivity index (χ3n) is 4.08. The number of ether oxygens (including phenoxy) is 2. The lowest BCUT2D eigenvalue weighted by atomic mass is 10.2. The molecule has 0 fully saturated rings. The van der Waals surface area contributed by atoms with Crippen LogP contribution < -0.4 is 9.47 Å². The number of aryl methyl sites for hydroxylation is 1. The number of benzene rings is 2. The predicted octanol–water partition coefficient (Wildman–Crippen LogP) is 3.68. The monoisotopic (exact) mass is 404 g/mol. The van der Waals surface area contributed by atoms with Crippen LogP contribution in [0.4, 0.5) is 5.69 Å². The minimum atomic E-state index is -0.472. The van der Waals surface area contributed by atoms with Gasteiger partial charge >= 0.3 is 5.69 Å². The number of likely N-dealkylation sites (N-methyl/N-ethyl adjacent to an activating group) is 1. The number of amides is 1. The van der Waals surface area contributed by atoms with E-state index in [-0.39, 0.29) is 17.3 Å². The zero-order valence-corrected chi connectivity index (χ0v) is 17.0. The first-order chi connectivity index (χ1) is 13.4. The molecular formula is C20H24N2O5S. The standard InChI is InChI=1S/C20H24N2O5S/c1-15-4-7-17(8-5-15)27-11-10-21(2)20(23)14-28-13-16-6-9-19(26-3)18(12-16)22(24)25/h4-9,12H,10-11,13-14H2,1-3H3. The van der Waals surface area contributed by atoms with E-state index < -0.39 is 4.92 Å². The van der Waals surface area contributed by atoms with E-state index >= 15 is 0 Å². The number of hydrogen-bond acceptors (Lipinski definition) is 6. The number of thioether (sulfide) groups is 1. The lowest BCUT2D eigenvalue weighted by Crippen LogP contribution is -2.32. The van der Waals surface area contributed by atoms with Crippen molar-refractivity contribution >= 4 is 23.4 Å². The Morgan fingerprint density at radius 2 is 1.93 bits per heavy atom. The van der Waals surface area contributed by atoms with Crippen LogP contribution in [0.1, 0.15) is 11.1 Å². The highest BCUT2D eigenvalue weighted by atomic mass is 32.2. The molecule has 7 nitrogen and oxygen atoms in total. The van der Waals surface area contributed by atoms with Gasteiger partial charge < -0.3 is 14.4 Å². The molecule has 0 bridgehead atoms. The molecule has 0 unspecified atom stereocenters. The van der Waals surface area contributed by atoms with Crippen molar-refractivity contribution in [3.8, 4) is 11.5 Å². The van der Waals surface area contributed by atoms with Crippen molar-refractivity contribution in [1.29, 1.82) is 0 Å². The summed E-state index contributed by atoms with van der Waals surface area (Å²) in [6, 6.07) is 12.6. The molecule has 0 N–H and O–H groups in total. The topological polar surface area (TPSA) is 81.9 Å². The third-order valence-corrected chi connectivity index (χ3v) is 5.06. The second-order valence-corrected chi connectivity index (χ2v) is 7.22. The van der Waals surface area contributed by atoms with Crippen LogP contribution in [0, 0.1) is 17.0 Å². The van der Waals surface area contributed by atoms with Crippen LogP contribution >= 0.6 is 11.8 Å². The van der Waals surface area contributed by atoms with Crippen molar-refractivity contribution in [2.45, 2.75) is 12.7 Å². The molecule has 0 aliphatic rings. The van der Waals surface area contributed by atoms with Gasteiger partial charge in [-0.05, 0) is 30.7 Å². The average Bonchev–Trinajstić information content (AvgIpc) is 2.69. The maximum atomic E-state index is 12.2. The Balaban J connectivity index is 1.74. The number of nitro groups is 1. The molecule has 0 aromatic heterocycles. The molecule has 0 aliphatic carbocycles. The summed E-state index contributed by atoms with van der Waals surface area (Å²) in [6.45, 7) is 2.92. The Labute approximate surface area is 168 Å². The van der Waals surface area contributed by atoms with Crippen LogP contribution in [0.2, 0.25) is 0 Å². The van der Waals surface area contributed by atoms with Crippen molar-refractivity contribution in [3.63, 3.8) is 0 Å². The van der Waals surface area contributed by atoms with Gasteiger partial charge in [0.05, 0.1) is 24.3 Å². The summed E-state index contributed by atoms with van der Waals surface area (Å²) in [4.78, 5) is 24.4. The zero-order chi connectivity index (χ0) is 20.5. The minimum absolute atomic E-state index is 0.0134. The molecular weight excluding hydrogens is 380 g/mol. The highest BCUT2D eigenvalue weighted by Crippen LogP contribution is 2.29. The smallest absolute Gasteiger partial charge is 0.311 e. The van der Waals surface area contributed by atoms with Gasteiger partial charge in [-0.1, -0.05) is 23.8 Å². The number of carbonyl (C=O) groups excluding carboxylic acids is 1. The minimum Gasteiger partial charge on any atom is -0.492 e. The fourth-order valence-electron chi connectivity index (χ4n) is 2.39. The summed E-state index contributed by atoms with van der Waals surface area (Å²) in [6.07, 6.45) is 0. The quantitative estimate of drug-likeness (QED) is 0.444. The number of nitrogens with zero attached hydrogens (tertiary/aromatic N) is 2. The summed E-state index contributed by atoms with van der Waals surface area (Å²) in [7, 11) is 3.13. The van der Waals surface area contributed by atoms with Crippen LogP contribution in [0.25, 0.3) is 0 Å². The molecule has 0 aliphatic heterocycles. The van der Waals surface area contributed by atoms with Crippen LogP contribution in [0.3, 0.4) is 0 Å². The molecule has 0 saturated heterocycles. The summed E-state index contributed by atoms with van der Waals surface area (Å²) >= 11 is 1.41. The lowest BCUT2D eigenvalue weighted by molar-refractivity contribution is -0.385. The van der Waals surface area contributed by atoms with Crippen molar-refractivity contribution in [1.82, 2.24) is 4.90 Å². The van der Waals surface area contributed by atoms with E-state index in [2.05, 4.69) is 0 Å². The second-order valence-electron chi connectivity index (χ2n) is 6.23. The Morgan fingerprint density at radius 1 is 1.21 bits per heavy atom. The van der Waals surface area contributed by atoms with E-state index in [0.29, 0.717) is 24.7 Å². The number of rotatable bonds is 10. The number of nitro benzene ring substituents is 1. The molecule has 0 heterocycles. The molecule has 28 heavy (non-hydrogen) atoms. The van der Waals surface area contributed by atoms with E-state index in [9.17, 15) is 14.9 Å². The molecule has 0 spiro atoms. The van der Waals surface area contributed by atoms with Gasteiger partial charge in [-0.2, -0.15) is 0 Å².